The Hall–Kier alpha value is -2.96. The fourth-order valence-corrected chi connectivity index (χ4v) is 4.16. The summed E-state index contributed by atoms with van der Waals surface area (Å²) >= 11 is 0. The molecule has 1 aliphatic carbocycles. The van der Waals surface area contributed by atoms with Crippen molar-refractivity contribution in [2.45, 2.75) is 31.4 Å². The third-order valence-electron chi connectivity index (χ3n) is 5.46. The maximum absolute atomic E-state index is 13.0. The summed E-state index contributed by atoms with van der Waals surface area (Å²) in [5.74, 6) is 0.783. The first-order valence-electron chi connectivity index (χ1n) is 9.06. The van der Waals surface area contributed by atoms with Crippen LogP contribution in [0, 0.1) is 0 Å². The lowest BCUT2D eigenvalue weighted by atomic mass is 9.75. The van der Waals surface area contributed by atoms with E-state index in [1.54, 1.807) is 0 Å². The molecule has 1 N–H and O–H groups in total. The number of allylic oxidation sites excluding steroid dienone is 2. The van der Waals surface area contributed by atoms with Gasteiger partial charge in [0.2, 0.25) is 6.79 Å². The van der Waals surface area contributed by atoms with Gasteiger partial charge in [-0.15, -0.1) is 0 Å². The van der Waals surface area contributed by atoms with Crippen molar-refractivity contribution in [1.82, 2.24) is 0 Å². The monoisotopic (exact) mass is 387 g/mol. The molecular formula is C21H16F3NO3. The van der Waals surface area contributed by atoms with E-state index in [1.807, 2.05) is 12.1 Å². The van der Waals surface area contributed by atoms with Gasteiger partial charge in [-0.05, 0) is 42.2 Å². The molecule has 7 heteroatoms. The molecule has 2 aromatic rings. The first-order valence-corrected chi connectivity index (χ1v) is 9.06. The third kappa shape index (κ3) is 2.65. The normalized spacial score (nSPS) is 20.5. The summed E-state index contributed by atoms with van der Waals surface area (Å²) in [7, 11) is 0. The summed E-state index contributed by atoms with van der Waals surface area (Å²) < 4.78 is 49.9. The van der Waals surface area contributed by atoms with Gasteiger partial charge in [-0.3, -0.25) is 4.79 Å². The van der Waals surface area contributed by atoms with Crippen molar-refractivity contribution in [3.63, 3.8) is 0 Å². The molecule has 1 unspecified atom stereocenters. The predicted molar refractivity (Wildman–Crippen MR) is 95.4 cm³/mol. The van der Waals surface area contributed by atoms with Crippen LogP contribution in [0.3, 0.4) is 0 Å². The molecule has 0 saturated heterocycles. The highest BCUT2D eigenvalue weighted by Crippen LogP contribution is 2.49. The Balaban J connectivity index is 1.67. The van der Waals surface area contributed by atoms with E-state index in [0.717, 1.165) is 41.9 Å². The summed E-state index contributed by atoms with van der Waals surface area (Å²) in [5.41, 5.74) is 3.02. The molecule has 2 heterocycles. The van der Waals surface area contributed by atoms with E-state index in [2.05, 4.69) is 5.32 Å². The second-order valence-electron chi connectivity index (χ2n) is 7.14. The number of carbonyl (C=O) groups excluding carboxylic acids is 1. The SMILES string of the molecule is O=C1CCCC2=C1C(c1ccc(C(F)(F)F)cc1)c1cc3c(cc1N2)OCO3. The smallest absolute Gasteiger partial charge is 0.416 e. The lowest BCUT2D eigenvalue weighted by Gasteiger charge is -2.34. The van der Waals surface area contributed by atoms with Crippen LogP contribution in [-0.4, -0.2) is 12.6 Å². The number of ketones is 1. The highest BCUT2D eigenvalue weighted by atomic mass is 19.4. The Kier molecular flexibility index (Phi) is 3.69. The molecule has 28 heavy (non-hydrogen) atoms. The number of nitrogens with one attached hydrogen (secondary N) is 1. The second-order valence-corrected chi connectivity index (χ2v) is 7.14. The number of carbonyl (C=O) groups is 1. The molecule has 2 aromatic carbocycles. The topological polar surface area (TPSA) is 47.6 Å². The lowest BCUT2D eigenvalue weighted by Crippen LogP contribution is -2.26. The van der Waals surface area contributed by atoms with E-state index < -0.39 is 17.7 Å². The van der Waals surface area contributed by atoms with Crippen molar-refractivity contribution in [2.75, 3.05) is 12.1 Å². The number of anilines is 1. The number of benzene rings is 2. The minimum Gasteiger partial charge on any atom is -0.454 e. The van der Waals surface area contributed by atoms with E-state index in [-0.39, 0.29) is 12.6 Å². The molecular weight excluding hydrogens is 371 g/mol. The van der Waals surface area contributed by atoms with Crippen LogP contribution in [-0.2, 0) is 11.0 Å². The third-order valence-corrected chi connectivity index (χ3v) is 5.46. The number of fused-ring (bicyclic) bond motifs is 2. The first-order chi connectivity index (χ1) is 13.4. The average Bonchev–Trinajstić information content (AvgIpc) is 3.11. The van der Waals surface area contributed by atoms with Crippen LogP contribution in [0.4, 0.5) is 18.9 Å². The van der Waals surface area contributed by atoms with Crippen LogP contribution in [0.25, 0.3) is 0 Å². The van der Waals surface area contributed by atoms with Crippen LogP contribution < -0.4 is 14.8 Å². The predicted octanol–water partition coefficient (Wildman–Crippen LogP) is 5.00. The van der Waals surface area contributed by atoms with Gasteiger partial charge >= 0.3 is 6.18 Å². The van der Waals surface area contributed by atoms with Gasteiger partial charge in [0.05, 0.1) is 5.56 Å². The van der Waals surface area contributed by atoms with Gasteiger partial charge in [0.15, 0.2) is 17.3 Å². The Morgan fingerprint density at radius 1 is 1.00 bits per heavy atom. The number of alkyl halides is 3. The summed E-state index contributed by atoms with van der Waals surface area (Å²) in [6, 6.07) is 8.70. The van der Waals surface area contributed by atoms with Crippen molar-refractivity contribution in [1.29, 1.82) is 0 Å². The van der Waals surface area contributed by atoms with Crippen molar-refractivity contribution < 1.29 is 27.4 Å². The van der Waals surface area contributed by atoms with Gasteiger partial charge in [-0.2, -0.15) is 13.2 Å². The number of halogens is 3. The molecule has 0 aromatic heterocycles. The van der Waals surface area contributed by atoms with Gasteiger partial charge in [0.1, 0.15) is 0 Å². The van der Waals surface area contributed by atoms with E-state index >= 15 is 0 Å². The summed E-state index contributed by atoms with van der Waals surface area (Å²) in [5, 5.41) is 3.34. The fourth-order valence-electron chi connectivity index (χ4n) is 4.16. The molecule has 0 spiro atoms. The van der Waals surface area contributed by atoms with Gasteiger partial charge in [0, 0.05) is 35.4 Å². The molecule has 3 aliphatic rings. The number of hydrogen-bond donors (Lipinski definition) is 1. The number of rotatable bonds is 1. The number of hydrogen-bond acceptors (Lipinski definition) is 4. The van der Waals surface area contributed by atoms with Crippen LogP contribution in [0.2, 0.25) is 0 Å². The Bertz CT molecular complexity index is 1010. The highest BCUT2D eigenvalue weighted by Gasteiger charge is 2.37. The Morgan fingerprint density at radius 2 is 1.71 bits per heavy atom. The molecule has 0 radical (unpaired) electrons. The maximum atomic E-state index is 13.0. The zero-order chi connectivity index (χ0) is 19.5. The number of Topliss-reactive ketones (excluding diaryl/α,β-unsaturated/α-hetero) is 1. The molecule has 4 nitrogen and oxygen atoms in total. The first kappa shape index (κ1) is 17.2. The van der Waals surface area contributed by atoms with Crippen LogP contribution >= 0.6 is 0 Å². The van der Waals surface area contributed by atoms with Gasteiger partial charge in [0.25, 0.3) is 0 Å². The van der Waals surface area contributed by atoms with E-state index in [9.17, 15) is 18.0 Å². The van der Waals surface area contributed by atoms with Crippen LogP contribution in [0.5, 0.6) is 11.5 Å². The quantitative estimate of drug-likeness (QED) is 0.748. The lowest BCUT2D eigenvalue weighted by molar-refractivity contribution is -0.137. The summed E-state index contributed by atoms with van der Waals surface area (Å²) in [4.78, 5) is 12.7. The molecule has 144 valence electrons. The Morgan fingerprint density at radius 3 is 2.43 bits per heavy atom. The van der Waals surface area contributed by atoms with Crippen molar-refractivity contribution in [3.05, 3.63) is 64.4 Å². The van der Waals surface area contributed by atoms with E-state index in [1.165, 1.54) is 12.1 Å². The van der Waals surface area contributed by atoms with Crippen molar-refractivity contribution in [3.8, 4) is 11.5 Å². The Labute approximate surface area is 159 Å². The largest absolute Gasteiger partial charge is 0.454 e. The minimum absolute atomic E-state index is 0.0296. The summed E-state index contributed by atoms with van der Waals surface area (Å²) in [6.07, 6.45) is -2.48. The number of ether oxygens (including phenoxy) is 2. The summed E-state index contributed by atoms with van der Waals surface area (Å²) in [6.45, 7) is 0.120. The minimum atomic E-state index is -4.40. The molecule has 0 fully saturated rings. The van der Waals surface area contributed by atoms with E-state index in [0.29, 0.717) is 29.1 Å². The molecule has 0 bridgehead atoms. The van der Waals surface area contributed by atoms with Crippen LogP contribution in [0.15, 0.2) is 47.7 Å². The van der Waals surface area contributed by atoms with Crippen molar-refractivity contribution in [2.24, 2.45) is 0 Å². The molecule has 1 atom stereocenters. The molecule has 5 rings (SSSR count). The average molecular weight is 387 g/mol. The zero-order valence-electron chi connectivity index (χ0n) is 14.7. The molecule has 0 amide bonds. The van der Waals surface area contributed by atoms with Gasteiger partial charge < -0.3 is 14.8 Å². The standard InChI is InChI=1S/C21H16F3NO3/c22-21(23,24)12-6-4-11(5-7-12)19-13-8-17-18(28-10-27-17)9-15(13)25-14-2-1-3-16(26)20(14)19/h4-9,19,25H,1-3,10H2. The van der Waals surface area contributed by atoms with Crippen LogP contribution in [0.1, 0.15) is 41.9 Å². The maximum Gasteiger partial charge on any atom is 0.416 e. The molecule has 0 saturated carbocycles. The van der Waals surface area contributed by atoms with E-state index in [4.69, 9.17) is 9.47 Å². The zero-order valence-corrected chi connectivity index (χ0v) is 14.7. The highest BCUT2D eigenvalue weighted by molar-refractivity contribution is 6.01. The van der Waals surface area contributed by atoms with Crippen molar-refractivity contribution >= 4 is 11.5 Å². The molecule has 2 aliphatic heterocycles. The fraction of sp³-hybridized carbons (Fsp3) is 0.286. The second kappa shape index (κ2) is 6.02. The van der Waals surface area contributed by atoms with Gasteiger partial charge in [-0.25, -0.2) is 0 Å². The van der Waals surface area contributed by atoms with Gasteiger partial charge in [-0.1, -0.05) is 12.1 Å².